The number of carbonyl (C=O) groups is 1. The molecule has 1 amide bonds. The van der Waals surface area contributed by atoms with Gasteiger partial charge in [0.05, 0.1) is 23.0 Å². The second-order valence-corrected chi connectivity index (χ2v) is 6.87. The molecule has 6 nitrogen and oxygen atoms in total. The first-order valence-electron chi connectivity index (χ1n) is 8.40. The van der Waals surface area contributed by atoms with Crippen LogP contribution < -0.4 is 10.9 Å². The summed E-state index contributed by atoms with van der Waals surface area (Å²) < 4.78 is 1.49. The Bertz CT molecular complexity index is 1180. The highest BCUT2D eigenvalue weighted by Gasteiger charge is 2.14. The monoisotopic (exact) mass is 376 g/mol. The molecule has 0 unspecified atom stereocenters. The van der Waals surface area contributed by atoms with Gasteiger partial charge in [-0.2, -0.15) is 0 Å². The van der Waals surface area contributed by atoms with Gasteiger partial charge >= 0.3 is 0 Å². The van der Waals surface area contributed by atoms with Crippen molar-refractivity contribution in [3.63, 3.8) is 0 Å². The first-order valence-corrected chi connectivity index (χ1v) is 9.28. The summed E-state index contributed by atoms with van der Waals surface area (Å²) in [5.41, 5.74) is 1.86. The van der Waals surface area contributed by atoms with Gasteiger partial charge in [0.1, 0.15) is 5.82 Å². The molecular formula is C20H16N4O2S. The maximum atomic E-state index is 12.8. The number of fused-ring (bicyclic) bond motifs is 1. The molecule has 0 saturated carbocycles. The van der Waals surface area contributed by atoms with Crippen molar-refractivity contribution in [1.82, 2.24) is 14.5 Å². The maximum Gasteiger partial charge on any atom is 0.267 e. The molecule has 2 aromatic carbocycles. The number of hydrogen-bond donors (Lipinski definition) is 1. The SMILES string of the molecule is Cc1nc2ccccc2c(=O)n1-c1nc(CC(=O)Nc2ccccc2)cs1. The second-order valence-electron chi connectivity index (χ2n) is 6.03. The number of anilines is 1. The zero-order valence-corrected chi connectivity index (χ0v) is 15.4. The smallest absolute Gasteiger partial charge is 0.267 e. The van der Waals surface area contributed by atoms with Gasteiger partial charge in [-0.15, -0.1) is 11.3 Å². The Balaban J connectivity index is 1.60. The average Bonchev–Trinajstić information content (AvgIpc) is 3.10. The molecule has 0 aliphatic heterocycles. The molecule has 0 spiro atoms. The van der Waals surface area contributed by atoms with E-state index in [0.29, 0.717) is 27.6 Å². The minimum absolute atomic E-state index is 0.139. The lowest BCUT2D eigenvalue weighted by Crippen LogP contribution is -2.22. The first-order chi connectivity index (χ1) is 13.1. The van der Waals surface area contributed by atoms with E-state index in [1.165, 1.54) is 15.9 Å². The molecule has 2 heterocycles. The number of thiazole rings is 1. The number of para-hydroxylation sites is 2. The Morgan fingerprint density at radius 2 is 1.81 bits per heavy atom. The van der Waals surface area contributed by atoms with E-state index in [0.717, 1.165) is 5.69 Å². The zero-order chi connectivity index (χ0) is 18.8. The fraction of sp³-hybridized carbons (Fsp3) is 0.100. The number of nitrogens with one attached hydrogen (secondary N) is 1. The molecule has 0 aliphatic rings. The van der Waals surface area contributed by atoms with Crippen LogP contribution in [-0.2, 0) is 11.2 Å². The van der Waals surface area contributed by atoms with Crippen molar-refractivity contribution in [3.05, 3.63) is 81.8 Å². The number of rotatable bonds is 4. The van der Waals surface area contributed by atoms with E-state index >= 15 is 0 Å². The molecule has 2 aromatic heterocycles. The van der Waals surface area contributed by atoms with Crippen molar-refractivity contribution in [1.29, 1.82) is 0 Å². The number of carbonyl (C=O) groups excluding carboxylic acids is 1. The van der Waals surface area contributed by atoms with Crippen LogP contribution in [-0.4, -0.2) is 20.4 Å². The number of hydrogen-bond acceptors (Lipinski definition) is 5. The van der Waals surface area contributed by atoms with Crippen molar-refractivity contribution < 1.29 is 4.79 Å². The van der Waals surface area contributed by atoms with Crippen molar-refractivity contribution in [3.8, 4) is 5.13 Å². The van der Waals surface area contributed by atoms with Crippen LogP contribution >= 0.6 is 11.3 Å². The highest BCUT2D eigenvalue weighted by molar-refractivity contribution is 7.12. The van der Waals surface area contributed by atoms with Crippen LogP contribution in [0.3, 0.4) is 0 Å². The Morgan fingerprint density at radius 3 is 2.63 bits per heavy atom. The van der Waals surface area contributed by atoms with Gasteiger partial charge in [-0.1, -0.05) is 30.3 Å². The summed E-state index contributed by atoms with van der Waals surface area (Å²) in [7, 11) is 0. The molecule has 0 aliphatic carbocycles. The maximum absolute atomic E-state index is 12.8. The van der Waals surface area contributed by atoms with Crippen LogP contribution in [0, 0.1) is 6.92 Å². The van der Waals surface area contributed by atoms with E-state index < -0.39 is 0 Å². The summed E-state index contributed by atoms with van der Waals surface area (Å²) in [4.78, 5) is 34.0. The van der Waals surface area contributed by atoms with Gasteiger partial charge in [0, 0.05) is 11.1 Å². The summed E-state index contributed by atoms with van der Waals surface area (Å²) in [6.07, 6.45) is 0.139. The Kier molecular flexibility index (Phi) is 4.52. The van der Waals surface area contributed by atoms with E-state index in [9.17, 15) is 9.59 Å². The molecule has 7 heteroatoms. The van der Waals surface area contributed by atoms with Crippen molar-refractivity contribution >= 4 is 33.8 Å². The molecule has 0 atom stereocenters. The highest BCUT2D eigenvalue weighted by atomic mass is 32.1. The van der Waals surface area contributed by atoms with Crippen molar-refractivity contribution in [2.45, 2.75) is 13.3 Å². The van der Waals surface area contributed by atoms with Crippen LogP contribution in [0.15, 0.2) is 64.8 Å². The second kappa shape index (κ2) is 7.13. The van der Waals surface area contributed by atoms with E-state index in [1.54, 1.807) is 18.4 Å². The third kappa shape index (κ3) is 3.50. The molecule has 0 fully saturated rings. The summed E-state index contributed by atoms with van der Waals surface area (Å²) in [5.74, 6) is 0.409. The molecule has 134 valence electrons. The number of aromatic nitrogens is 3. The highest BCUT2D eigenvalue weighted by Crippen LogP contribution is 2.17. The lowest BCUT2D eigenvalue weighted by molar-refractivity contribution is -0.115. The largest absolute Gasteiger partial charge is 0.326 e. The van der Waals surface area contributed by atoms with Crippen LogP contribution in [0.2, 0.25) is 0 Å². The molecule has 0 radical (unpaired) electrons. The molecular weight excluding hydrogens is 360 g/mol. The molecule has 1 N–H and O–H groups in total. The van der Waals surface area contributed by atoms with Crippen LogP contribution in [0.5, 0.6) is 0 Å². The zero-order valence-electron chi connectivity index (χ0n) is 14.5. The third-order valence-electron chi connectivity index (χ3n) is 4.07. The standard InChI is InChI=1S/C20H16N4O2S/c1-13-21-17-10-6-5-9-16(17)19(26)24(13)20-23-15(12-27-20)11-18(25)22-14-7-3-2-4-8-14/h2-10,12H,11H2,1H3,(H,22,25). The lowest BCUT2D eigenvalue weighted by Gasteiger charge is -2.07. The van der Waals surface area contributed by atoms with Gasteiger partial charge < -0.3 is 5.32 Å². The van der Waals surface area contributed by atoms with E-state index in [1.807, 2.05) is 48.5 Å². The third-order valence-corrected chi connectivity index (χ3v) is 4.95. The Hall–Kier alpha value is -3.32. The van der Waals surface area contributed by atoms with Gasteiger partial charge in [-0.25, -0.2) is 14.5 Å². The molecule has 27 heavy (non-hydrogen) atoms. The fourth-order valence-electron chi connectivity index (χ4n) is 2.84. The number of benzene rings is 2. The van der Waals surface area contributed by atoms with E-state index in [4.69, 9.17) is 0 Å². The van der Waals surface area contributed by atoms with Gasteiger partial charge in [-0.05, 0) is 31.2 Å². The Morgan fingerprint density at radius 1 is 1.07 bits per heavy atom. The normalized spacial score (nSPS) is 10.9. The summed E-state index contributed by atoms with van der Waals surface area (Å²) in [6.45, 7) is 1.77. The predicted molar refractivity (Wildman–Crippen MR) is 107 cm³/mol. The minimum atomic E-state index is -0.160. The van der Waals surface area contributed by atoms with Crippen molar-refractivity contribution in [2.75, 3.05) is 5.32 Å². The summed E-state index contributed by atoms with van der Waals surface area (Å²) in [6, 6.07) is 16.5. The van der Waals surface area contributed by atoms with Crippen LogP contribution in [0.4, 0.5) is 5.69 Å². The van der Waals surface area contributed by atoms with Crippen LogP contribution in [0.25, 0.3) is 16.0 Å². The molecule has 4 rings (SSSR count). The first kappa shape index (κ1) is 17.1. The summed E-state index contributed by atoms with van der Waals surface area (Å²) in [5, 5.41) is 5.68. The predicted octanol–water partition coefficient (Wildman–Crippen LogP) is 3.33. The molecule has 0 saturated heterocycles. The molecule has 4 aromatic rings. The van der Waals surface area contributed by atoms with E-state index in [-0.39, 0.29) is 17.9 Å². The molecule has 0 bridgehead atoms. The quantitative estimate of drug-likeness (QED) is 0.593. The van der Waals surface area contributed by atoms with Gasteiger partial charge in [0.2, 0.25) is 5.91 Å². The van der Waals surface area contributed by atoms with Crippen LogP contribution in [0.1, 0.15) is 11.5 Å². The van der Waals surface area contributed by atoms with E-state index in [2.05, 4.69) is 15.3 Å². The summed E-state index contributed by atoms with van der Waals surface area (Å²) >= 11 is 1.32. The van der Waals surface area contributed by atoms with Crippen molar-refractivity contribution in [2.24, 2.45) is 0 Å². The fourth-order valence-corrected chi connectivity index (χ4v) is 3.71. The topological polar surface area (TPSA) is 76.9 Å². The number of amides is 1. The lowest BCUT2D eigenvalue weighted by atomic mass is 10.2. The Labute approximate surface area is 159 Å². The van der Waals surface area contributed by atoms with Gasteiger partial charge in [0.25, 0.3) is 5.56 Å². The average molecular weight is 376 g/mol. The number of aryl methyl sites for hydroxylation is 1. The van der Waals surface area contributed by atoms with Gasteiger partial charge in [0.15, 0.2) is 5.13 Å². The minimum Gasteiger partial charge on any atom is -0.326 e. The van der Waals surface area contributed by atoms with Gasteiger partial charge in [-0.3, -0.25) is 9.59 Å². The number of nitrogens with zero attached hydrogens (tertiary/aromatic N) is 3.